The van der Waals surface area contributed by atoms with Gasteiger partial charge < -0.3 is 220 Å². The van der Waals surface area contributed by atoms with Gasteiger partial charge in [0.1, 0.15) is 146 Å². The molecule has 0 aliphatic carbocycles. The first-order valence-corrected chi connectivity index (χ1v) is 48.9. The van der Waals surface area contributed by atoms with Crippen molar-refractivity contribution in [2.24, 2.45) is 5.92 Å². The average Bonchev–Trinajstić information content (AvgIpc) is 0.749. The van der Waals surface area contributed by atoms with Crippen LogP contribution < -0.4 is 21.3 Å². The highest BCUT2D eigenvalue weighted by atomic mass is 16.8. The van der Waals surface area contributed by atoms with Crippen LogP contribution in [0.2, 0.25) is 0 Å². The van der Waals surface area contributed by atoms with E-state index in [1.165, 1.54) is 38.5 Å². The molecule has 4 amide bonds. The minimum Gasteiger partial charge on any atom is -0.477 e. The van der Waals surface area contributed by atoms with Crippen molar-refractivity contribution in [3.8, 4) is 0 Å². The number of nitrogens with one attached hydrogen (secondary N) is 4. The Labute approximate surface area is 815 Å². The standard InChI is InChI=1S/C90H156N4O47/c1-7-9-11-13-15-17-18-19-20-22-23-25-27-29-49(106)48(94-60(112)30-28-26-24-21-16-14-12-10-8-2)42-128-82-70(119)69(118)74(58(40-100)131-82)134-84-72(121)80(141-90(87(126)127)34-52(109)63(93-46(6)105)78(139-90)68(117)57(39-99)136-88(85(122)123)32-50(107)61(91-44(4)103)76(137-88)64(113)53(110)35-95)75(59(41-101)132-84)135-81-47(31-43(3)102)73(66(115)55(37-97)129-81)133-83-71(120)79(67(116)56(38-98)130-83)140-89(86(124)125)33-51(108)62(92-45(5)104)77(138-89)65(114)54(111)36-96/h47-59,61-84,95-101,106-111,113-121H,7-42H2,1-6H3,(H,91,103)(H,92,104)(H,93,105)(H,94,112)(H,122,123)(H,124,125)(H,126,127). The monoisotopic (exact) mass is 2040 g/mol. The third-order valence-electron chi connectivity index (χ3n) is 26.7. The highest BCUT2D eigenvalue weighted by Gasteiger charge is 2.66. The number of hydrogen-bond donors (Lipinski definition) is 29. The molecule has 7 heterocycles. The van der Waals surface area contributed by atoms with Crippen LogP contribution in [-0.2, 0) is 105 Å². The van der Waals surface area contributed by atoms with E-state index in [4.69, 9.17) is 66.3 Å². The van der Waals surface area contributed by atoms with Gasteiger partial charge in [-0.3, -0.25) is 19.2 Å². The number of carbonyl (C=O) groups excluding carboxylic acids is 5. The number of carbonyl (C=O) groups is 8. The Hall–Kier alpha value is -5.48. The van der Waals surface area contributed by atoms with Crippen molar-refractivity contribution < 1.29 is 232 Å². The molecule has 0 aromatic carbocycles. The van der Waals surface area contributed by atoms with Crippen LogP contribution >= 0.6 is 0 Å². The number of amides is 4. The maximum absolute atomic E-state index is 14.6. The largest absolute Gasteiger partial charge is 0.477 e. The number of rotatable bonds is 62. The summed E-state index contributed by atoms with van der Waals surface area (Å²) >= 11 is 0. The Kier molecular flexibility index (Phi) is 51.3. The van der Waals surface area contributed by atoms with E-state index in [-0.39, 0.29) is 12.8 Å². The lowest BCUT2D eigenvalue weighted by Crippen LogP contribution is -2.72. The molecule has 0 aromatic rings. The second-order valence-corrected chi connectivity index (χ2v) is 37.8. The van der Waals surface area contributed by atoms with Gasteiger partial charge in [0.15, 0.2) is 25.2 Å². The van der Waals surface area contributed by atoms with E-state index in [1.807, 2.05) is 0 Å². The quantitative estimate of drug-likeness (QED) is 0.0252. The average molecular weight is 2050 g/mol. The van der Waals surface area contributed by atoms with Crippen molar-refractivity contribution in [1.29, 1.82) is 0 Å². The Morgan fingerprint density at radius 1 is 0.376 bits per heavy atom. The summed E-state index contributed by atoms with van der Waals surface area (Å²) in [7, 11) is 0. The molecule has 7 fully saturated rings. The van der Waals surface area contributed by atoms with Gasteiger partial charge in [0, 0.05) is 58.8 Å². The zero-order chi connectivity index (χ0) is 105. The third-order valence-corrected chi connectivity index (χ3v) is 26.7. The normalized spacial score (nSPS) is 36.5. The maximum Gasteiger partial charge on any atom is 0.364 e. The van der Waals surface area contributed by atoms with Crippen LogP contribution in [0.1, 0.15) is 221 Å². The van der Waals surface area contributed by atoms with E-state index in [0.29, 0.717) is 12.8 Å². The molecule has 40 atom stereocenters. The first kappa shape index (κ1) is 122. The highest BCUT2D eigenvalue weighted by Crippen LogP contribution is 2.46. The summed E-state index contributed by atoms with van der Waals surface area (Å²) in [6.07, 6.45) is -57.6. The molecule has 40 unspecified atom stereocenters. The van der Waals surface area contributed by atoms with E-state index in [1.54, 1.807) is 0 Å². The Bertz CT molecular complexity index is 3750. The molecular formula is C90H156N4O47. The van der Waals surface area contributed by atoms with Crippen molar-refractivity contribution in [2.75, 3.05) is 52.9 Å². The summed E-state index contributed by atoms with van der Waals surface area (Å²) in [6, 6.07) is -6.98. The number of carboxylic acid groups (broad SMARTS) is 3. The summed E-state index contributed by atoms with van der Waals surface area (Å²) in [5.41, 5.74) is 0. The number of aliphatic carboxylic acids is 3. The first-order chi connectivity index (χ1) is 66.9. The topological polar surface area (TPSA) is 820 Å². The third kappa shape index (κ3) is 33.3. The van der Waals surface area contributed by atoms with Crippen molar-refractivity contribution in [2.45, 2.75) is 459 Å². The molecule has 7 saturated heterocycles. The van der Waals surface area contributed by atoms with Gasteiger partial charge in [-0.2, -0.15) is 0 Å². The minimum atomic E-state index is -3.79. The number of unbranched alkanes of at least 4 members (excludes halogenated alkanes) is 20. The predicted molar refractivity (Wildman–Crippen MR) is 475 cm³/mol. The Morgan fingerprint density at radius 2 is 0.738 bits per heavy atom. The molecule has 51 nitrogen and oxygen atoms in total. The highest BCUT2D eigenvalue weighted by molar-refractivity contribution is 5.79. The SMILES string of the molecule is CCCCCCCCCCCCCCCC(O)C(COC1OC(CO)C(OC2OC(CO)C(OC3OC(CO)C(O)C(OC4OC(CO)C(O)C(OC5(C(=O)O)CC(O)C(NC(C)=O)C(C(O)C(O)CO)O5)C4O)C3CC(C)=O)C(OC3(C(=O)O)CC(O)C(NC(C)=O)C(C(O)C(CO)OC4(C(=O)O)CC(O)C(NC(C)=O)C(C(O)C(O)CO)O4)O3)C2O)C(O)C1O)NC(=O)CCCCCCCCCCC. The lowest BCUT2D eigenvalue weighted by Gasteiger charge is -2.53. The van der Waals surface area contributed by atoms with E-state index in [9.17, 15) is 166 Å². The number of hydrogen-bond acceptors (Lipinski definition) is 44. The number of ketones is 1. The van der Waals surface area contributed by atoms with E-state index < -0.39 is 369 Å². The van der Waals surface area contributed by atoms with Crippen LogP contribution in [0.15, 0.2) is 0 Å². The van der Waals surface area contributed by atoms with Crippen molar-refractivity contribution in [1.82, 2.24) is 21.3 Å². The lowest BCUT2D eigenvalue weighted by atomic mass is 9.86. The Balaban J connectivity index is 1.28. The van der Waals surface area contributed by atoms with E-state index in [2.05, 4.69) is 35.1 Å². The van der Waals surface area contributed by atoms with E-state index in [0.717, 1.165) is 118 Å². The molecule has 0 spiro atoms. The molecule has 141 heavy (non-hydrogen) atoms. The summed E-state index contributed by atoms with van der Waals surface area (Å²) in [4.78, 5) is 107. The molecule has 0 radical (unpaired) electrons. The van der Waals surface area contributed by atoms with E-state index >= 15 is 0 Å². The molecule has 0 aromatic heterocycles. The van der Waals surface area contributed by atoms with Crippen LogP contribution in [0.3, 0.4) is 0 Å². The molecule has 0 saturated carbocycles. The number of aliphatic hydroxyl groups excluding tert-OH is 22. The lowest BCUT2D eigenvalue weighted by molar-refractivity contribution is -0.409. The summed E-state index contributed by atoms with van der Waals surface area (Å²) in [5.74, 6) is -23.8. The van der Waals surface area contributed by atoms with Crippen LogP contribution in [0.25, 0.3) is 0 Å². The molecule has 0 bridgehead atoms. The summed E-state index contributed by atoms with van der Waals surface area (Å²) in [5, 5.41) is 296. The number of Topliss-reactive ketones (excluding diaryl/α,β-unsaturated/α-hetero) is 1. The van der Waals surface area contributed by atoms with Gasteiger partial charge in [0.25, 0.3) is 17.4 Å². The predicted octanol–water partition coefficient (Wildman–Crippen LogP) is -7.72. The number of carboxylic acids is 3. The molecule has 7 aliphatic heterocycles. The molecular weight excluding hydrogens is 1890 g/mol. The van der Waals surface area contributed by atoms with Gasteiger partial charge >= 0.3 is 17.9 Å². The summed E-state index contributed by atoms with van der Waals surface area (Å²) < 4.78 is 84.8. The van der Waals surface area contributed by atoms with Crippen LogP contribution in [0.5, 0.6) is 0 Å². The van der Waals surface area contributed by atoms with Gasteiger partial charge in [-0.05, 0) is 19.8 Å². The fraction of sp³-hybridized carbons (Fsp3) is 0.911. The molecule has 29 N–H and O–H groups in total. The number of ether oxygens (including phenoxy) is 14. The zero-order valence-corrected chi connectivity index (χ0v) is 80.5. The van der Waals surface area contributed by atoms with Crippen LogP contribution in [0.4, 0.5) is 0 Å². The second kappa shape index (κ2) is 59.1. The van der Waals surface area contributed by atoms with Crippen molar-refractivity contribution >= 4 is 47.3 Å². The van der Waals surface area contributed by atoms with Crippen LogP contribution in [0, 0.1) is 5.92 Å². The number of aliphatic hydroxyl groups is 22. The van der Waals surface area contributed by atoms with Gasteiger partial charge in [-0.15, -0.1) is 0 Å². The van der Waals surface area contributed by atoms with Gasteiger partial charge in [0.05, 0.1) is 108 Å². The fourth-order valence-corrected chi connectivity index (χ4v) is 19.0. The van der Waals surface area contributed by atoms with Crippen molar-refractivity contribution in [3.63, 3.8) is 0 Å². The van der Waals surface area contributed by atoms with Crippen LogP contribution in [-0.4, -0.2) is 465 Å². The van der Waals surface area contributed by atoms with Gasteiger partial charge in [0.2, 0.25) is 23.6 Å². The zero-order valence-electron chi connectivity index (χ0n) is 80.5. The first-order valence-electron chi connectivity index (χ1n) is 48.9. The maximum atomic E-state index is 14.6. The smallest absolute Gasteiger partial charge is 0.364 e. The van der Waals surface area contributed by atoms with Crippen molar-refractivity contribution in [3.05, 3.63) is 0 Å². The van der Waals surface area contributed by atoms with Gasteiger partial charge in [-0.25, -0.2) is 14.4 Å². The minimum absolute atomic E-state index is 0.0706. The second-order valence-electron chi connectivity index (χ2n) is 37.8. The Morgan fingerprint density at radius 3 is 1.16 bits per heavy atom. The molecule has 7 aliphatic rings. The molecule has 7 rings (SSSR count). The van der Waals surface area contributed by atoms with Gasteiger partial charge in [-0.1, -0.05) is 149 Å². The molecule has 818 valence electrons. The summed E-state index contributed by atoms with van der Waals surface area (Å²) in [6.45, 7) is -2.06. The fourth-order valence-electron chi connectivity index (χ4n) is 19.0. The molecule has 51 heteroatoms.